The second-order valence-electron chi connectivity index (χ2n) is 17.4. The molecule has 20 heteroatoms. The number of hydrogen-bond acceptors (Lipinski definition) is 9. The largest absolute Gasteiger partial charge is 0.524 e. The van der Waals surface area contributed by atoms with Gasteiger partial charge in [-0.05, 0) is 91.1 Å². The van der Waals surface area contributed by atoms with Crippen molar-refractivity contribution in [3.8, 4) is 5.75 Å². The number of aromatic amines is 1. The summed E-state index contributed by atoms with van der Waals surface area (Å²) in [6.07, 6.45) is 0.698. The molecule has 6 amide bonds. The van der Waals surface area contributed by atoms with Gasteiger partial charge in [0.1, 0.15) is 29.6 Å². The van der Waals surface area contributed by atoms with Crippen LogP contribution < -0.4 is 41.7 Å². The highest BCUT2D eigenvalue weighted by Gasteiger charge is 2.36. The molecule has 10 N–H and O–H groups in total. The molecule has 5 aromatic rings. The van der Waals surface area contributed by atoms with E-state index in [0.717, 1.165) is 5.56 Å². The number of hydrogen-bond donors (Lipinski definition) is 9. The molecule has 4 aromatic carbocycles. The van der Waals surface area contributed by atoms with Crippen molar-refractivity contribution in [1.82, 2.24) is 20.9 Å². The number of nitrogens with zero attached hydrogens (tertiary/aromatic N) is 1. The van der Waals surface area contributed by atoms with E-state index in [2.05, 4.69) is 31.6 Å². The summed E-state index contributed by atoms with van der Waals surface area (Å²) in [4.78, 5) is 103. The van der Waals surface area contributed by atoms with E-state index >= 15 is 0 Å². The molecule has 0 spiro atoms. The van der Waals surface area contributed by atoms with Crippen LogP contribution in [0.3, 0.4) is 0 Å². The SMILES string of the molecule is CC(C)C[C@H](NC(=O)CCN)C(=O)N[C@@H](C)C(=O)N[C@@H](CC(C)C)C(=O)Nc1ccc(C(=O)Nc2ccc3[nH]c(C(=O)N4C[C@@H](CCl)c5c4cc(OP(=O)(O)O)c4ccccc54)cc3c2)cc1. The van der Waals surface area contributed by atoms with E-state index in [9.17, 15) is 43.1 Å². The number of fused-ring (bicyclic) bond motifs is 4. The van der Waals surface area contributed by atoms with Crippen LogP contribution in [0.1, 0.15) is 86.2 Å². The zero-order valence-corrected chi connectivity index (χ0v) is 39.4. The van der Waals surface area contributed by atoms with Gasteiger partial charge in [-0.25, -0.2) is 4.57 Å². The van der Waals surface area contributed by atoms with Crippen molar-refractivity contribution in [3.05, 3.63) is 95.7 Å². The molecule has 4 atom stereocenters. The van der Waals surface area contributed by atoms with Gasteiger partial charge in [0, 0.05) is 70.6 Å². The Bertz CT molecular complexity index is 2720. The Kier molecular flexibility index (Phi) is 16.1. The summed E-state index contributed by atoms with van der Waals surface area (Å²) in [5, 5.41) is 15.5. The predicted octanol–water partition coefficient (Wildman–Crippen LogP) is 5.88. The molecule has 356 valence electrons. The van der Waals surface area contributed by atoms with E-state index < -0.39 is 55.5 Å². The second kappa shape index (κ2) is 21.6. The summed E-state index contributed by atoms with van der Waals surface area (Å²) in [5.74, 6) is -2.89. The molecule has 0 bridgehead atoms. The first kappa shape index (κ1) is 50.1. The lowest BCUT2D eigenvalue weighted by Crippen LogP contribution is -2.55. The van der Waals surface area contributed by atoms with Gasteiger partial charge in [-0.2, -0.15) is 0 Å². The van der Waals surface area contributed by atoms with Crippen molar-refractivity contribution < 1.29 is 47.6 Å². The first-order valence-electron chi connectivity index (χ1n) is 21.9. The summed E-state index contributed by atoms with van der Waals surface area (Å²) >= 11 is 6.40. The van der Waals surface area contributed by atoms with Crippen molar-refractivity contribution in [2.45, 2.75) is 77.9 Å². The zero-order chi connectivity index (χ0) is 48.7. The number of benzene rings is 4. The summed E-state index contributed by atoms with van der Waals surface area (Å²) in [5.41, 5.74) is 8.61. The van der Waals surface area contributed by atoms with Gasteiger partial charge in [-0.15, -0.1) is 11.6 Å². The fourth-order valence-corrected chi connectivity index (χ4v) is 8.68. The van der Waals surface area contributed by atoms with E-state index in [0.29, 0.717) is 51.6 Å². The maximum absolute atomic E-state index is 14.1. The molecule has 0 aliphatic carbocycles. The van der Waals surface area contributed by atoms with Gasteiger partial charge in [-0.3, -0.25) is 38.6 Å². The Labute approximate surface area is 392 Å². The average Bonchev–Trinajstić information content (AvgIpc) is 3.87. The highest BCUT2D eigenvalue weighted by molar-refractivity contribution is 7.46. The zero-order valence-electron chi connectivity index (χ0n) is 37.7. The minimum atomic E-state index is -4.94. The predicted molar refractivity (Wildman–Crippen MR) is 257 cm³/mol. The number of carbonyl (C=O) groups is 6. The van der Waals surface area contributed by atoms with Crippen molar-refractivity contribution in [3.63, 3.8) is 0 Å². The smallest absolute Gasteiger partial charge is 0.404 e. The monoisotopic (exact) mass is 958 g/mol. The molecule has 0 saturated carbocycles. The minimum Gasteiger partial charge on any atom is -0.404 e. The number of anilines is 3. The molecule has 1 aliphatic rings. The third-order valence-corrected chi connectivity index (χ3v) is 11.9. The van der Waals surface area contributed by atoms with Crippen molar-refractivity contribution in [2.75, 3.05) is 34.5 Å². The van der Waals surface area contributed by atoms with Gasteiger partial charge in [0.15, 0.2) is 0 Å². The number of rotatable bonds is 19. The molecule has 18 nitrogen and oxygen atoms in total. The number of carbonyl (C=O) groups excluding carboxylic acids is 6. The summed E-state index contributed by atoms with van der Waals surface area (Å²) in [7, 11) is -4.94. The normalized spacial score (nSPS) is 14.9. The maximum atomic E-state index is 14.1. The van der Waals surface area contributed by atoms with E-state index in [1.807, 2.05) is 27.7 Å². The Morgan fingerprint density at radius 2 is 1.45 bits per heavy atom. The number of nitrogens with two attached hydrogens (primary N) is 1. The highest BCUT2D eigenvalue weighted by Crippen LogP contribution is 2.49. The molecule has 1 aliphatic heterocycles. The van der Waals surface area contributed by atoms with E-state index in [1.165, 1.54) is 30.0 Å². The number of phosphoric acid groups is 1. The Balaban J connectivity index is 1.09. The molecule has 0 radical (unpaired) electrons. The average molecular weight is 959 g/mol. The molecule has 2 heterocycles. The van der Waals surface area contributed by atoms with Crippen LogP contribution in [0.4, 0.5) is 17.1 Å². The molecule has 67 heavy (non-hydrogen) atoms. The lowest BCUT2D eigenvalue weighted by Gasteiger charge is -2.25. The summed E-state index contributed by atoms with van der Waals surface area (Å²) in [6, 6.07) is 18.5. The van der Waals surface area contributed by atoms with E-state index in [4.69, 9.17) is 21.9 Å². The van der Waals surface area contributed by atoms with Crippen molar-refractivity contribution in [2.24, 2.45) is 17.6 Å². The third-order valence-electron chi connectivity index (χ3n) is 11.1. The minimum absolute atomic E-state index is 0.0132. The standard InChI is InChI=1S/C47H56ClN8O10P/c1-25(2)18-36(54-41(57)16-17-49)45(60)50-27(5)43(58)55-37(19-26(3)4)46(61)51-31-12-10-28(11-13-31)44(59)52-32-14-15-35-29(20-32)21-38(53-35)47(62)56-24-30(23-48)42-34-9-7-6-8-33(34)40(22-39(42)56)66-67(63,64)65/h6-15,20-22,25-27,30,36-37,53H,16-19,23-24,49H2,1-5H3,(H,50,60)(H,51,61)(H,52,59)(H,54,57)(H,55,58)(H2,63,64,65)/t27-,30+,36-,37-/m0/s1. The number of halogens is 1. The molecule has 0 saturated heterocycles. The first-order valence-corrected chi connectivity index (χ1v) is 23.9. The fraction of sp³-hybridized carbons (Fsp3) is 0.362. The number of aromatic nitrogens is 1. The van der Waals surface area contributed by atoms with Crippen LogP contribution in [0.5, 0.6) is 5.75 Å². The van der Waals surface area contributed by atoms with Gasteiger partial charge < -0.3 is 46.7 Å². The van der Waals surface area contributed by atoms with Crippen LogP contribution in [0, 0.1) is 11.8 Å². The quantitative estimate of drug-likeness (QED) is 0.0348. The van der Waals surface area contributed by atoms with E-state index in [1.54, 1.807) is 60.7 Å². The molecule has 0 unspecified atom stereocenters. The van der Waals surface area contributed by atoms with Gasteiger partial charge in [0.05, 0.1) is 5.69 Å². The van der Waals surface area contributed by atoms with Gasteiger partial charge >= 0.3 is 7.82 Å². The van der Waals surface area contributed by atoms with Crippen LogP contribution in [0.15, 0.2) is 78.9 Å². The highest BCUT2D eigenvalue weighted by atomic mass is 35.5. The van der Waals surface area contributed by atoms with E-state index in [-0.39, 0.29) is 66.1 Å². The Morgan fingerprint density at radius 3 is 2.07 bits per heavy atom. The first-order chi connectivity index (χ1) is 31.7. The van der Waals surface area contributed by atoms with Crippen LogP contribution in [0.2, 0.25) is 0 Å². The number of phosphoric ester groups is 1. The van der Waals surface area contributed by atoms with Crippen molar-refractivity contribution >= 4 is 93.6 Å². The summed E-state index contributed by atoms with van der Waals surface area (Å²) < 4.78 is 17.0. The molecular formula is C47H56ClN8O10P. The number of nitrogens with one attached hydrogen (secondary N) is 6. The van der Waals surface area contributed by atoms with Gasteiger partial charge in [0.25, 0.3) is 11.8 Å². The van der Waals surface area contributed by atoms with Crippen molar-refractivity contribution in [1.29, 1.82) is 0 Å². The molecule has 6 rings (SSSR count). The molecule has 1 aromatic heterocycles. The second-order valence-corrected chi connectivity index (χ2v) is 18.9. The number of amides is 6. The molecule has 0 fully saturated rings. The van der Waals surface area contributed by atoms with Crippen LogP contribution in [0.25, 0.3) is 21.7 Å². The summed E-state index contributed by atoms with van der Waals surface area (Å²) in [6.45, 7) is 9.45. The van der Waals surface area contributed by atoms with Gasteiger partial charge in [-0.1, -0.05) is 52.0 Å². The van der Waals surface area contributed by atoms with Crippen LogP contribution in [-0.4, -0.2) is 87.3 Å². The number of H-pyrrole nitrogens is 1. The lowest BCUT2D eigenvalue weighted by atomic mass is 9.95. The fourth-order valence-electron chi connectivity index (χ4n) is 8.02. The Hall–Kier alpha value is -6.30. The topological polar surface area (TPSA) is 274 Å². The van der Waals surface area contributed by atoms with Crippen LogP contribution >= 0.6 is 19.4 Å². The van der Waals surface area contributed by atoms with Crippen LogP contribution in [-0.2, 0) is 23.7 Å². The van der Waals surface area contributed by atoms with Gasteiger partial charge in [0.2, 0.25) is 23.6 Å². The molecular weight excluding hydrogens is 903 g/mol. The third kappa shape index (κ3) is 12.6. The maximum Gasteiger partial charge on any atom is 0.524 e. The number of alkyl halides is 1. The Morgan fingerprint density at radius 1 is 0.806 bits per heavy atom. The lowest BCUT2D eigenvalue weighted by molar-refractivity contribution is -0.133.